The quantitative estimate of drug-likeness (QED) is 0.324. The van der Waals surface area contributed by atoms with Gasteiger partial charge in [0.2, 0.25) is 5.95 Å². The zero-order chi connectivity index (χ0) is 27.2. The first-order valence-electron chi connectivity index (χ1n) is 13.7. The van der Waals surface area contributed by atoms with Crippen molar-refractivity contribution in [2.45, 2.75) is 71.9 Å². The van der Waals surface area contributed by atoms with Crippen molar-refractivity contribution in [1.82, 2.24) is 14.9 Å². The van der Waals surface area contributed by atoms with Gasteiger partial charge in [-0.05, 0) is 52.2 Å². The average molecular weight is 549 g/mol. The Morgan fingerprint density at radius 1 is 1.24 bits per heavy atom. The number of urea groups is 1. The highest BCUT2D eigenvalue weighted by Gasteiger charge is 2.40. The van der Waals surface area contributed by atoms with Crippen LogP contribution in [0.25, 0.3) is 0 Å². The zero-order valence-corrected chi connectivity index (χ0v) is 23.2. The molecular formula is C27H38ClFN6O3. The predicted octanol–water partition coefficient (Wildman–Crippen LogP) is 5.80. The van der Waals surface area contributed by atoms with Crippen molar-refractivity contribution < 1.29 is 19.0 Å². The van der Waals surface area contributed by atoms with Gasteiger partial charge in [-0.15, -0.1) is 0 Å². The van der Waals surface area contributed by atoms with Gasteiger partial charge < -0.3 is 20.1 Å². The molecule has 1 saturated carbocycles. The molecule has 2 amide bonds. The monoisotopic (exact) mass is 548 g/mol. The smallest absolute Gasteiger partial charge is 0.330 e. The zero-order valence-electron chi connectivity index (χ0n) is 22.5. The van der Waals surface area contributed by atoms with Crippen molar-refractivity contribution >= 4 is 35.1 Å². The predicted molar refractivity (Wildman–Crippen MR) is 148 cm³/mol. The largest absolute Gasteiger partial charge is 0.505 e. The molecule has 11 heteroatoms. The molecular weight excluding hydrogens is 511 g/mol. The summed E-state index contributed by atoms with van der Waals surface area (Å²) in [7, 11) is 0. The van der Waals surface area contributed by atoms with Crippen LogP contribution < -0.4 is 19.9 Å². The van der Waals surface area contributed by atoms with E-state index in [4.69, 9.17) is 21.3 Å². The number of unbranched alkanes of at least 4 members (excludes halogenated alkanes) is 1. The number of hydrogen-bond acceptors (Lipinski definition) is 7. The highest BCUT2D eigenvalue weighted by molar-refractivity contribution is 6.35. The fourth-order valence-electron chi connectivity index (χ4n) is 5.21. The number of aromatic nitrogens is 2. The van der Waals surface area contributed by atoms with E-state index in [9.17, 15) is 9.90 Å². The summed E-state index contributed by atoms with van der Waals surface area (Å²) in [6, 6.07) is 0.638. The number of phenols is 1. The lowest BCUT2D eigenvalue weighted by atomic mass is 10.1. The molecule has 208 valence electrons. The fourth-order valence-corrected chi connectivity index (χ4v) is 5.51. The van der Waals surface area contributed by atoms with Crippen LogP contribution >= 0.6 is 11.6 Å². The van der Waals surface area contributed by atoms with Crippen LogP contribution in [0, 0.1) is 5.82 Å². The number of carbonyl (C=O) groups is 1. The van der Waals surface area contributed by atoms with Crippen molar-refractivity contribution in [3.8, 4) is 11.5 Å². The molecule has 9 nitrogen and oxygen atoms in total. The van der Waals surface area contributed by atoms with E-state index in [1.165, 1.54) is 4.90 Å². The van der Waals surface area contributed by atoms with Gasteiger partial charge in [-0.2, -0.15) is 4.98 Å². The third kappa shape index (κ3) is 5.91. The van der Waals surface area contributed by atoms with Crippen LogP contribution in [0.15, 0.2) is 12.3 Å². The standard InChI is InChI=1S/C27H38ClFN6O3/c1-4-33(5-2)14-10-9-13-30-26-31-16-18-17-34(24-22(28)21(38-6-3)15-20(36)23(24)29)27(37)35(25(18)32-26)19-11-7-8-12-19/h15-16,19,36H,4-14,17H2,1-3H3,(H,30,31,32). The summed E-state index contributed by atoms with van der Waals surface area (Å²) in [4.78, 5) is 28.4. The second-order valence-electron chi connectivity index (χ2n) is 9.68. The van der Waals surface area contributed by atoms with E-state index < -0.39 is 17.6 Å². The molecule has 0 atom stereocenters. The molecule has 2 aromatic rings. The number of hydrogen-bond donors (Lipinski definition) is 2. The number of fused-ring (bicyclic) bond motifs is 1. The Labute approximate surface area is 228 Å². The number of carbonyl (C=O) groups excluding carboxylic acids is 1. The molecule has 0 spiro atoms. The number of nitrogens with zero attached hydrogens (tertiary/aromatic N) is 5. The maximum absolute atomic E-state index is 15.2. The molecule has 1 aliphatic carbocycles. The third-order valence-electron chi connectivity index (χ3n) is 7.30. The average Bonchev–Trinajstić information content (AvgIpc) is 3.44. The molecule has 2 N–H and O–H groups in total. The van der Waals surface area contributed by atoms with Gasteiger partial charge in [0.05, 0.1) is 13.2 Å². The molecule has 0 unspecified atom stereocenters. The molecule has 1 aromatic carbocycles. The lowest BCUT2D eigenvalue weighted by Gasteiger charge is -2.39. The molecule has 2 heterocycles. The Bertz CT molecular complexity index is 1130. The van der Waals surface area contributed by atoms with Crippen LogP contribution in [0.2, 0.25) is 5.02 Å². The maximum atomic E-state index is 15.2. The molecule has 2 aliphatic rings. The number of halogens is 2. The second kappa shape index (κ2) is 12.8. The molecule has 0 saturated heterocycles. The number of nitrogens with one attached hydrogen (secondary N) is 1. The summed E-state index contributed by atoms with van der Waals surface area (Å²) < 4.78 is 20.7. The van der Waals surface area contributed by atoms with E-state index in [0.717, 1.165) is 70.8 Å². The topological polar surface area (TPSA) is 94.1 Å². The maximum Gasteiger partial charge on any atom is 0.330 e. The summed E-state index contributed by atoms with van der Waals surface area (Å²) in [6.07, 6.45) is 7.40. The van der Waals surface area contributed by atoms with Crippen molar-refractivity contribution in [2.75, 3.05) is 47.9 Å². The van der Waals surface area contributed by atoms with Crippen molar-refractivity contribution in [1.29, 1.82) is 0 Å². The highest BCUT2D eigenvalue weighted by atomic mass is 35.5. The number of amides is 2. The number of anilines is 3. The fraction of sp³-hybridized carbons (Fsp3) is 0.593. The third-order valence-corrected chi connectivity index (χ3v) is 7.66. The van der Waals surface area contributed by atoms with Crippen LogP contribution in [0.4, 0.5) is 26.6 Å². The van der Waals surface area contributed by atoms with Gasteiger partial charge >= 0.3 is 6.03 Å². The summed E-state index contributed by atoms with van der Waals surface area (Å²) in [5.41, 5.74) is 0.476. The number of aromatic hydroxyl groups is 1. The minimum absolute atomic E-state index is 0.0210. The van der Waals surface area contributed by atoms with Crippen molar-refractivity contribution in [2.24, 2.45) is 0 Å². The van der Waals surface area contributed by atoms with E-state index in [-0.39, 0.29) is 35.7 Å². The normalized spacial score (nSPS) is 15.9. The molecule has 38 heavy (non-hydrogen) atoms. The molecule has 1 aliphatic heterocycles. The highest BCUT2D eigenvalue weighted by Crippen LogP contribution is 2.45. The number of rotatable bonds is 12. The van der Waals surface area contributed by atoms with Crippen molar-refractivity contribution in [3.63, 3.8) is 0 Å². The van der Waals surface area contributed by atoms with Crippen LogP contribution in [-0.4, -0.2) is 64.8 Å². The van der Waals surface area contributed by atoms with Gasteiger partial charge in [0.25, 0.3) is 0 Å². The molecule has 1 aromatic heterocycles. The van der Waals surface area contributed by atoms with Gasteiger partial charge in [0.15, 0.2) is 11.6 Å². The lowest BCUT2D eigenvalue weighted by Crippen LogP contribution is -2.52. The Kier molecular flexibility index (Phi) is 9.49. The molecule has 0 radical (unpaired) electrons. The number of phenolic OH excluding ortho intramolecular Hbond substituents is 1. The van der Waals surface area contributed by atoms with Crippen LogP contribution in [0.1, 0.15) is 64.9 Å². The van der Waals surface area contributed by atoms with Gasteiger partial charge in [-0.1, -0.05) is 38.3 Å². The Balaban J connectivity index is 1.60. The summed E-state index contributed by atoms with van der Waals surface area (Å²) in [6.45, 7) is 10.3. The minimum atomic E-state index is -0.967. The van der Waals surface area contributed by atoms with E-state index >= 15 is 4.39 Å². The van der Waals surface area contributed by atoms with Crippen molar-refractivity contribution in [3.05, 3.63) is 28.7 Å². The Morgan fingerprint density at radius 3 is 2.66 bits per heavy atom. The van der Waals surface area contributed by atoms with Gasteiger partial charge in [0, 0.05) is 30.4 Å². The molecule has 1 fully saturated rings. The van der Waals surface area contributed by atoms with Gasteiger partial charge in [-0.25, -0.2) is 14.2 Å². The number of benzene rings is 1. The van der Waals surface area contributed by atoms with Gasteiger partial charge in [-0.3, -0.25) is 9.80 Å². The van der Waals surface area contributed by atoms with E-state index in [2.05, 4.69) is 29.0 Å². The Hall–Kier alpha value is -2.85. The SMILES string of the molecule is CCOc1cc(O)c(F)c(N2Cc3cnc(NCCCCN(CC)CC)nc3N(C3CCCC3)C2=O)c1Cl. The summed E-state index contributed by atoms with van der Waals surface area (Å²) >= 11 is 6.51. The van der Waals surface area contributed by atoms with Crippen LogP contribution in [-0.2, 0) is 6.54 Å². The van der Waals surface area contributed by atoms with Crippen LogP contribution in [0.3, 0.4) is 0 Å². The van der Waals surface area contributed by atoms with E-state index in [1.807, 2.05) is 0 Å². The first kappa shape index (κ1) is 28.2. The molecule has 4 rings (SSSR count). The van der Waals surface area contributed by atoms with Crippen LogP contribution in [0.5, 0.6) is 11.5 Å². The second-order valence-corrected chi connectivity index (χ2v) is 10.1. The molecule has 0 bridgehead atoms. The van der Waals surface area contributed by atoms with E-state index in [0.29, 0.717) is 17.3 Å². The first-order valence-corrected chi connectivity index (χ1v) is 14.0. The number of ether oxygens (including phenoxy) is 1. The van der Waals surface area contributed by atoms with Gasteiger partial charge in [0.1, 0.15) is 22.3 Å². The Morgan fingerprint density at radius 2 is 1.97 bits per heavy atom. The lowest BCUT2D eigenvalue weighted by molar-refractivity contribution is 0.247. The summed E-state index contributed by atoms with van der Waals surface area (Å²) in [5.74, 6) is -0.469. The van der Waals surface area contributed by atoms with E-state index in [1.54, 1.807) is 18.0 Å². The summed E-state index contributed by atoms with van der Waals surface area (Å²) in [5, 5.41) is 13.5. The minimum Gasteiger partial charge on any atom is -0.505 e. The first-order chi connectivity index (χ1) is 18.4.